The summed E-state index contributed by atoms with van der Waals surface area (Å²) in [5.74, 6) is -0.954. The van der Waals surface area contributed by atoms with Gasteiger partial charge in [0.2, 0.25) is 0 Å². The Morgan fingerprint density at radius 2 is 1.95 bits per heavy atom. The van der Waals surface area contributed by atoms with Crippen LogP contribution < -0.4 is 10.6 Å². The smallest absolute Gasteiger partial charge is 0.332 e. The fourth-order valence-corrected chi connectivity index (χ4v) is 2.22. The molecule has 6 nitrogen and oxygen atoms in total. The highest BCUT2D eigenvalue weighted by molar-refractivity contribution is 6.30. The number of carbonyl (C=O) groups is 2. The highest BCUT2D eigenvalue weighted by Gasteiger charge is 2.30. The Morgan fingerprint density at radius 1 is 1.24 bits per heavy atom. The van der Waals surface area contributed by atoms with E-state index in [1.54, 1.807) is 12.1 Å². The first-order valence-corrected chi connectivity index (χ1v) is 7.07. The first-order chi connectivity index (χ1) is 10.0. The number of carboxylic acids is 1. The molecule has 2 amide bonds. The number of rotatable bonds is 5. The molecule has 0 spiro atoms. The molecule has 0 aromatic heterocycles. The van der Waals surface area contributed by atoms with Crippen LogP contribution in [0.15, 0.2) is 24.3 Å². The average Bonchev–Trinajstić information content (AvgIpc) is 2.93. The molecule has 2 unspecified atom stereocenters. The van der Waals surface area contributed by atoms with Crippen molar-refractivity contribution >= 4 is 23.6 Å². The van der Waals surface area contributed by atoms with Gasteiger partial charge in [-0.3, -0.25) is 0 Å². The Bertz CT molecular complexity index is 506. The number of carboxylic acid groups (broad SMARTS) is 1. The Balaban J connectivity index is 1.66. The van der Waals surface area contributed by atoms with Crippen LogP contribution in [0.2, 0.25) is 5.02 Å². The fraction of sp³-hybridized carbons (Fsp3) is 0.429. The number of amides is 2. The van der Waals surface area contributed by atoms with Crippen LogP contribution in [-0.4, -0.2) is 35.9 Å². The molecule has 2 rings (SSSR count). The largest absolute Gasteiger partial charge is 0.479 e. The summed E-state index contributed by atoms with van der Waals surface area (Å²) < 4.78 is 5.29. The monoisotopic (exact) mass is 312 g/mol. The maximum absolute atomic E-state index is 11.6. The molecule has 7 heteroatoms. The summed E-state index contributed by atoms with van der Waals surface area (Å²) in [7, 11) is 0. The molecule has 1 aromatic rings. The van der Waals surface area contributed by atoms with Gasteiger partial charge in [0.05, 0.1) is 6.10 Å². The van der Waals surface area contributed by atoms with Gasteiger partial charge in [0.15, 0.2) is 6.10 Å². The molecule has 1 aliphatic heterocycles. The summed E-state index contributed by atoms with van der Waals surface area (Å²) in [5, 5.41) is 14.8. The predicted octanol–water partition coefficient (Wildman–Crippen LogP) is 1.77. The SMILES string of the molecule is O=C(NCc1ccc(Cl)cc1)NCC1CCC(C(=O)O)O1. The first kappa shape index (κ1) is 15.6. The van der Waals surface area contributed by atoms with Gasteiger partial charge in [-0.05, 0) is 30.5 Å². The number of nitrogens with one attached hydrogen (secondary N) is 2. The van der Waals surface area contributed by atoms with Gasteiger partial charge < -0.3 is 20.5 Å². The topological polar surface area (TPSA) is 87.7 Å². The maximum atomic E-state index is 11.6. The second-order valence-corrected chi connectivity index (χ2v) is 5.29. The van der Waals surface area contributed by atoms with Crippen LogP contribution in [0.25, 0.3) is 0 Å². The van der Waals surface area contributed by atoms with Gasteiger partial charge in [-0.15, -0.1) is 0 Å². The lowest BCUT2D eigenvalue weighted by Gasteiger charge is -2.13. The second kappa shape index (κ2) is 7.28. The Kier molecular flexibility index (Phi) is 5.41. The number of benzene rings is 1. The minimum absolute atomic E-state index is 0.243. The summed E-state index contributed by atoms with van der Waals surface area (Å²) in [6, 6.07) is 6.87. The van der Waals surface area contributed by atoms with Gasteiger partial charge in [-0.2, -0.15) is 0 Å². The second-order valence-electron chi connectivity index (χ2n) is 4.85. The molecule has 0 radical (unpaired) electrons. The molecule has 114 valence electrons. The minimum atomic E-state index is -0.954. The van der Waals surface area contributed by atoms with Gasteiger partial charge in [-0.1, -0.05) is 23.7 Å². The number of ether oxygens (including phenoxy) is 1. The molecular weight excluding hydrogens is 296 g/mol. The molecule has 1 saturated heterocycles. The molecule has 2 atom stereocenters. The van der Waals surface area contributed by atoms with E-state index in [0.717, 1.165) is 5.56 Å². The lowest BCUT2D eigenvalue weighted by Crippen LogP contribution is -2.39. The summed E-state index contributed by atoms with van der Waals surface area (Å²) >= 11 is 5.78. The third kappa shape index (κ3) is 4.91. The summed E-state index contributed by atoms with van der Waals surface area (Å²) in [5.41, 5.74) is 0.942. The van der Waals surface area contributed by atoms with Gasteiger partial charge in [0.1, 0.15) is 0 Å². The quantitative estimate of drug-likeness (QED) is 0.773. The fourth-order valence-electron chi connectivity index (χ4n) is 2.09. The number of halogens is 1. The van der Waals surface area contributed by atoms with E-state index in [4.69, 9.17) is 21.4 Å². The number of carbonyl (C=O) groups excluding carboxylic acids is 1. The molecule has 1 aliphatic rings. The summed E-state index contributed by atoms with van der Waals surface area (Å²) in [6.45, 7) is 0.697. The molecule has 0 bridgehead atoms. The van der Waals surface area contributed by atoms with Crippen molar-refractivity contribution in [2.45, 2.75) is 31.6 Å². The lowest BCUT2D eigenvalue weighted by molar-refractivity contribution is -0.149. The van der Waals surface area contributed by atoms with Crippen molar-refractivity contribution in [1.82, 2.24) is 10.6 Å². The highest BCUT2D eigenvalue weighted by Crippen LogP contribution is 2.19. The zero-order valence-electron chi connectivity index (χ0n) is 11.3. The number of urea groups is 1. The van der Waals surface area contributed by atoms with Crippen LogP contribution in [0.1, 0.15) is 18.4 Å². The van der Waals surface area contributed by atoms with Crippen LogP contribution >= 0.6 is 11.6 Å². The molecular formula is C14H17ClN2O4. The van der Waals surface area contributed by atoms with Crippen molar-refractivity contribution in [3.63, 3.8) is 0 Å². The minimum Gasteiger partial charge on any atom is -0.479 e. The van der Waals surface area contributed by atoms with Crippen molar-refractivity contribution in [3.8, 4) is 0 Å². The first-order valence-electron chi connectivity index (χ1n) is 6.69. The van der Waals surface area contributed by atoms with E-state index in [0.29, 0.717) is 31.0 Å². The number of aliphatic carboxylic acids is 1. The van der Waals surface area contributed by atoms with Crippen LogP contribution in [0.4, 0.5) is 4.79 Å². The third-order valence-corrected chi connectivity index (χ3v) is 3.49. The van der Waals surface area contributed by atoms with Crippen LogP contribution in [-0.2, 0) is 16.1 Å². The summed E-state index contributed by atoms with van der Waals surface area (Å²) in [4.78, 5) is 22.4. The molecule has 21 heavy (non-hydrogen) atoms. The maximum Gasteiger partial charge on any atom is 0.332 e. The summed E-state index contributed by atoms with van der Waals surface area (Å²) in [6.07, 6.45) is 0.115. The lowest BCUT2D eigenvalue weighted by atomic mass is 10.2. The molecule has 1 heterocycles. The van der Waals surface area contributed by atoms with Gasteiger partial charge >= 0.3 is 12.0 Å². The Hall–Kier alpha value is -1.79. The normalized spacial score (nSPS) is 21.0. The third-order valence-electron chi connectivity index (χ3n) is 3.24. The molecule has 1 fully saturated rings. The van der Waals surface area contributed by atoms with E-state index < -0.39 is 12.1 Å². The van der Waals surface area contributed by atoms with E-state index >= 15 is 0 Å². The molecule has 0 saturated carbocycles. The predicted molar refractivity (Wildman–Crippen MR) is 77.2 cm³/mol. The van der Waals surface area contributed by atoms with Crippen molar-refractivity contribution in [2.75, 3.05) is 6.54 Å². The van der Waals surface area contributed by atoms with Crippen molar-refractivity contribution < 1.29 is 19.4 Å². The van der Waals surface area contributed by atoms with E-state index in [1.165, 1.54) is 0 Å². The van der Waals surface area contributed by atoms with Crippen molar-refractivity contribution in [2.24, 2.45) is 0 Å². The number of hydrogen-bond donors (Lipinski definition) is 3. The van der Waals surface area contributed by atoms with E-state index in [1.807, 2.05) is 12.1 Å². The molecule has 3 N–H and O–H groups in total. The van der Waals surface area contributed by atoms with E-state index in [9.17, 15) is 9.59 Å². The van der Waals surface area contributed by atoms with Gasteiger partial charge in [0.25, 0.3) is 0 Å². The number of hydrogen-bond acceptors (Lipinski definition) is 3. The van der Waals surface area contributed by atoms with Gasteiger partial charge in [-0.25, -0.2) is 9.59 Å². The Labute approximate surface area is 127 Å². The van der Waals surface area contributed by atoms with Crippen LogP contribution in [0.5, 0.6) is 0 Å². The van der Waals surface area contributed by atoms with Crippen molar-refractivity contribution in [1.29, 1.82) is 0 Å². The molecule has 1 aromatic carbocycles. The zero-order chi connectivity index (χ0) is 15.2. The van der Waals surface area contributed by atoms with Crippen LogP contribution in [0.3, 0.4) is 0 Å². The van der Waals surface area contributed by atoms with E-state index in [-0.39, 0.29) is 12.1 Å². The standard InChI is InChI=1S/C14H17ClN2O4/c15-10-3-1-9(2-4-10)7-16-14(20)17-8-11-5-6-12(21-11)13(18)19/h1-4,11-12H,5-8H2,(H,18,19)(H2,16,17,20). The van der Waals surface area contributed by atoms with E-state index in [2.05, 4.69) is 10.6 Å². The van der Waals surface area contributed by atoms with Crippen LogP contribution in [0, 0.1) is 0 Å². The molecule has 0 aliphatic carbocycles. The van der Waals surface area contributed by atoms with Gasteiger partial charge in [0, 0.05) is 18.1 Å². The Morgan fingerprint density at radius 3 is 2.57 bits per heavy atom. The zero-order valence-corrected chi connectivity index (χ0v) is 12.1. The average molecular weight is 313 g/mol. The highest BCUT2D eigenvalue weighted by atomic mass is 35.5. The van der Waals surface area contributed by atoms with Crippen molar-refractivity contribution in [3.05, 3.63) is 34.9 Å².